The van der Waals surface area contributed by atoms with E-state index in [4.69, 9.17) is 4.98 Å². The summed E-state index contributed by atoms with van der Waals surface area (Å²) in [5, 5.41) is 0.880. The van der Waals surface area contributed by atoms with Crippen LogP contribution in [0.15, 0.2) is 24.3 Å². The molecule has 3 rings (SSSR count). The molecule has 0 bridgehead atoms. The van der Waals surface area contributed by atoms with Gasteiger partial charge in [-0.05, 0) is 18.4 Å². The van der Waals surface area contributed by atoms with Gasteiger partial charge in [-0.25, -0.2) is 4.98 Å². The predicted octanol–water partition coefficient (Wildman–Crippen LogP) is 2.98. The lowest BCUT2D eigenvalue weighted by molar-refractivity contribution is -0.138. The largest absolute Gasteiger partial charge is 0.346 e. The molecule has 1 fully saturated rings. The fourth-order valence-corrected chi connectivity index (χ4v) is 4.42. The Morgan fingerprint density at radius 1 is 1.10 bits per heavy atom. The van der Waals surface area contributed by atoms with Gasteiger partial charge in [0.25, 0.3) is 0 Å². The van der Waals surface area contributed by atoms with Gasteiger partial charge in [-0.15, -0.1) is 0 Å². The number of carbonyl (C=O) groups is 2. The van der Waals surface area contributed by atoms with E-state index in [1.54, 1.807) is 11.8 Å². The van der Waals surface area contributed by atoms with E-state index in [0.29, 0.717) is 51.5 Å². The van der Waals surface area contributed by atoms with Gasteiger partial charge in [-0.3, -0.25) is 9.59 Å². The minimum absolute atomic E-state index is 0.0768. The van der Waals surface area contributed by atoms with Crippen LogP contribution in [0.2, 0.25) is 0 Å². The highest BCUT2D eigenvalue weighted by atomic mass is 32.1. The van der Waals surface area contributed by atoms with E-state index < -0.39 is 0 Å². The molecule has 1 aromatic carbocycles. The van der Waals surface area contributed by atoms with Crippen LogP contribution in [0.1, 0.15) is 44.1 Å². The molecule has 1 aliphatic rings. The molecule has 1 saturated heterocycles. The molecule has 0 radical (unpaired) electrons. The van der Waals surface area contributed by atoms with Crippen molar-refractivity contribution in [2.45, 2.75) is 40.5 Å². The van der Waals surface area contributed by atoms with Crippen LogP contribution < -0.4 is 4.90 Å². The van der Waals surface area contributed by atoms with Crippen molar-refractivity contribution in [3.8, 4) is 0 Å². The summed E-state index contributed by atoms with van der Waals surface area (Å²) >= 11 is 1.41. The second kappa shape index (κ2) is 10.7. The molecule has 1 aliphatic heterocycles. The molecular formula is C23H33N5O2S. The summed E-state index contributed by atoms with van der Waals surface area (Å²) in [7, 11) is 0. The second-order valence-corrected chi connectivity index (χ2v) is 9.36. The predicted molar refractivity (Wildman–Crippen MR) is 124 cm³/mol. The third-order valence-corrected chi connectivity index (χ3v) is 6.28. The van der Waals surface area contributed by atoms with E-state index in [9.17, 15) is 9.59 Å². The molecule has 0 aliphatic carbocycles. The molecule has 2 amide bonds. The molecule has 0 saturated carbocycles. The average Bonchev–Trinajstić information content (AvgIpc) is 3.20. The second-order valence-electron chi connectivity index (χ2n) is 8.63. The van der Waals surface area contributed by atoms with Crippen LogP contribution in [0.25, 0.3) is 0 Å². The summed E-state index contributed by atoms with van der Waals surface area (Å²) < 4.78 is 4.56. The Kier molecular flexibility index (Phi) is 8.01. The highest BCUT2D eigenvalue weighted by Crippen LogP contribution is 2.21. The van der Waals surface area contributed by atoms with Crippen molar-refractivity contribution in [2.75, 3.05) is 44.2 Å². The van der Waals surface area contributed by atoms with Crippen molar-refractivity contribution >= 4 is 28.5 Å². The summed E-state index contributed by atoms with van der Waals surface area (Å²) in [6.07, 6.45) is 1.16. The Bertz CT molecular complexity index is 872. The molecule has 2 heterocycles. The Hall–Kier alpha value is -2.48. The molecule has 31 heavy (non-hydrogen) atoms. The Labute approximate surface area is 189 Å². The average molecular weight is 444 g/mol. The summed E-state index contributed by atoms with van der Waals surface area (Å²) in [6.45, 7) is 11.9. The maximum Gasteiger partial charge on any atom is 0.224 e. The molecule has 1 aromatic heterocycles. The van der Waals surface area contributed by atoms with Crippen molar-refractivity contribution in [3.05, 3.63) is 41.2 Å². The minimum atomic E-state index is 0.0768. The first-order valence-corrected chi connectivity index (χ1v) is 11.8. The van der Waals surface area contributed by atoms with Crippen molar-refractivity contribution in [1.82, 2.24) is 19.2 Å². The first-order chi connectivity index (χ1) is 14.8. The Morgan fingerprint density at radius 2 is 1.74 bits per heavy atom. The van der Waals surface area contributed by atoms with Gasteiger partial charge in [0.15, 0.2) is 0 Å². The van der Waals surface area contributed by atoms with Gasteiger partial charge in [0.1, 0.15) is 5.82 Å². The van der Waals surface area contributed by atoms with Crippen LogP contribution in [0.5, 0.6) is 0 Å². The standard InChI is InChI=1S/C23H33N5O2S/c1-17(2)16-28(10-9-22(30)27-13-11-26(12-14-27)19(4)29)23-24-21(25-31-23)15-20-7-5-18(3)6-8-20/h5-8,17H,9-16H2,1-4H3. The zero-order valence-electron chi connectivity index (χ0n) is 19.0. The van der Waals surface area contributed by atoms with E-state index in [-0.39, 0.29) is 11.8 Å². The number of benzene rings is 1. The van der Waals surface area contributed by atoms with Crippen LogP contribution in [0.4, 0.5) is 5.13 Å². The van der Waals surface area contributed by atoms with Crippen LogP contribution >= 0.6 is 11.5 Å². The number of hydrogen-bond donors (Lipinski definition) is 0. The lowest BCUT2D eigenvalue weighted by Crippen LogP contribution is -2.50. The van der Waals surface area contributed by atoms with Gasteiger partial charge in [0.2, 0.25) is 16.9 Å². The molecule has 0 spiro atoms. The third kappa shape index (κ3) is 6.75. The molecule has 0 unspecified atom stereocenters. The number of carbonyl (C=O) groups excluding carboxylic acids is 2. The summed E-state index contributed by atoms with van der Waals surface area (Å²) in [4.78, 5) is 34.8. The molecule has 0 atom stereocenters. The summed E-state index contributed by atoms with van der Waals surface area (Å²) in [6, 6.07) is 8.45. The number of nitrogens with zero attached hydrogens (tertiary/aromatic N) is 5. The normalized spacial score (nSPS) is 14.2. The van der Waals surface area contributed by atoms with Crippen LogP contribution in [0, 0.1) is 12.8 Å². The number of aromatic nitrogens is 2. The maximum atomic E-state index is 12.7. The van der Waals surface area contributed by atoms with Crippen molar-refractivity contribution in [3.63, 3.8) is 0 Å². The van der Waals surface area contributed by atoms with E-state index in [1.165, 1.54) is 22.7 Å². The van der Waals surface area contributed by atoms with Gasteiger partial charge < -0.3 is 14.7 Å². The molecule has 7 nitrogen and oxygen atoms in total. The number of rotatable bonds is 8. The molecule has 8 heteroatoms. The number of hydrogen-bond acceptors (Lipinski definition) is 6. The van der Waals surface area contributed by atoms with Crippen molar-refractivity contribution in [1.29, 1.82) is 0 Å². The Balaban J connectivity index is 1.58. The van der Waals surface area contributed by atoms with Gasteiger partial charge in [0, 0.05) is 70.6 Å². The number of amides is 2. The smallest absolute Gasteiger partial charge is 0.224 e. The zero-order chi connectivity index (χ0) is 22.4. The lowest BCUT2D eigenvalue weighted by atomic mass is 10.1. The number of piperazine rings is 1. The first-order valence-electron chi connectivity index (χ1n) is 11.0. The van der Waals surface area contributed by atoms with E-state index in [1.807, 2.05) is 4.90 Å². The van der Waals surface area contributed by atoms with Gasteiger partial charge >= 0.3 is 0 Å². The highest BCUT2D eigenvalue weighted by Gasteiger charge is 2.23. The van der Waals surface area contributed by atoms with E-state index in [2.05, 4.69) is 54.3 Å². The number of aryl methyl sites for hydroxylation is 1. The molecule has 168 valence electrons. The van der Waals surface area contributed by atoms with E-state index in [0.717, 1.165) is 17.5 Å². The highest BCUT2D eigenvalue weighted by molar-refractivity contribution is 7.09. The topological polar surface area (TPSA) is 69.6 Å². The summed E-state index contributed by atoms with van der Waals surface area (Å²) in [5.74, 6) is 1.50. The SMILES string of the molecule is CC(=O)N1CCN(C(=O)CCN(CC(C)C)c2nc(Cc3ccc(C)cc3)ns2)CC1. The van der Waals surface area contributed by atoms with Crippen molar-refractivity contribution in [2.24, 2.45) is 5.92 Å². The molecule has 0 N–H and O–H groups in total. The fraction of sp³-hybridized carbons (Fsp3) is 0.565. The Morgan fingerprint density at radius 3 is 2.35 bits per heavy atom. The molecule has 2 aromatic rings. The first kappa shape index (κ1) is 23.2. The third-order valence-electron chi connectivity index (χ3n) is 5.47. The van der Waals surface area contributed by atoms with Crippen LogP contribution in [-0.4, -0.2) is 70.2 Å². The minimum Gasteiger partial charge on any atom is -0.346 e. The van der Waals surface area contributed by atoms with E-state index >= 15 is 0 Å². The zero-order valence-corrected chi connectivity index (χ0v) is 19.8. The lowest BCUT2D eigenvalue weighted by Gasteiger charge is -2.34. The number of anilines is 1. The summed E-state index contributed by atoms with van der Waals surface area (Å²) in [5.41, 5.74) is 2.44. The fourth-order valence-electron chi connectivity index (χ4n) is 3.70. The van der Waals surface area contributed by atoms with Gasteiger partial charge in [-0.2, -0.15) is 4.37 Å². The van der Waals surface area contributed by atoms with Crippen molar-refractivity contribution < 1.29 is 9.59 Å². The quantitative estimate of drug-likeness (QED) is 0.627. The van der Waals surface area contributed by atoms with Gasteiger partial charge in [0.05, 0.1) is 0 Å². The van der Waals surface area contributed by atoms with Crippen LogP contribution in [-0.2, 0) is 16.0 Å². The van der Waals surface area contributed by atoms with Crippen LogP contribution in [0.3, 0.4) is 0 Å². The van der Waals surface area contributed by atoms with Gasteiger partial charge in [-0.1, -0.05) is 43.7 Å². The maximum absolute atomic E-state index is 12.7. The monoisotopic (exact) mass is 443 g/mol. The molecular weight excluding hydrogens is 410 g/mol.